The Labute approximate surface area is 136 Å². The summed E-state index contributed by atoms with van der Waals surface area (Å²) < 4.78 is 42.1. The van der Waals surface area contributed by atoms with Gasteiger partial charge in [-0.05, 0) is 29.3 Å². The molecule has 2 aromatic carbocycles. The number of ether oxygens (including phenoxy) is 1. The van der Waals surface area contributed by atoms with Crippen LogP contribution in [0.4, 0.5) is 13.2 Å². The second-order valence-electron chi connectivity index (χ2n) is 5.04. The molecule has 0 radical (unpaired) electrons. The van der Waals surface area contributed by atoms with E-state index in [9.17, 15) is 23.1 Å². The van der Waals surface area contributed by atoms with E-state index in [0.717, 1.165) is 0 Å². The zero-order chi connectivity index (χ0) is 17.5. The Hall–Kier alpha value is -2.54. The molecular formula is C17H16F3NO3. The van der Waals surface area contributed by atoms with Crippen LogP contribution in [0, 0.1) is 5.82 Å². The van der Waals surface area contributed by atoms with E-state index in [1.54, 1.807) is 6.07 Å². The smallest absolute Gasteiger partial charge is 0.387 e. The Morgan fingerprint density at radius 2 is 1.92 bits per heavy atom. The van der Waals surface area contributed by atoms with Crippen LogP contribution in [0.2, 0.25) is 0 Å². The van der Waals surface area contributed by atoms with E-state index in [-0.39, 0.29) is 24.3 Å². The maximum absolute atomic E-state index is 13.5. The van der Waals surface area contributed by atoms with Crippen molar-refractivity contribution in [3.05, 3.63) is 65.5 Å². The molecular weight excluding hydrogens is 323 g/mol. The van der Waals surface area contributed by atoms with E-state index < -0.39 is 24.4 Å². The van der Waals surface area contributed by atoms with Gasteiger partial charge in [0.25, 0.3) is 0 Å². The highest BCUT2D eigenvalue weighted by Crippen LogP contribution is 2.20. The Balaban J connectivity index is 1.89. The standard InChI is InChI=1S/C17H16F3NO3/c18-14-7-2-1-4-11(14)9-16(23)21-10-15(22)12-5-3-6-13(8-12)24-17(19)20/h1-8,15,17,22H,9-10H2,(H,21,23). The molecule has 0 aliphatic carbocycles. The fourth-order valence-electron chi connectivity index (χ4n) is 2.10. The van der Waals surface area contributed by atoms with E-state index in [1.165, 1.54) is 42.5 Å². The summed E-state index contributed by atoms with van der Waals surface area (Å²) in [6.07, 6.45) is -1.26. The maximum atomic E-state index is 13.5. The van der Waals surface area contributed by atoms with Gasteiger partial charge in [0.05, 0.1) is 12.5 Å². The molecule has 1 amide bonds. The number of hydrogen-bond donors (Lipinski definition) is 2. The third-order valence-corrected chi connectivity index (χ3v) is 3.27. The van der Waals surface area contributed by atoms with Crippen molar-refractivity contribution in [2.45, 2.75) is 19.1 Å². The zero-order valence-corrected chi connectivity index (χ0v) is 12.6. The predicted molar refractivity (Wildman–Crippen MR) is 81.1 cm³/mol. The van der Waals surface area contributed by atoms with Gasteiger partial charge in [-0.2, -0.15) is 8.78 Å². The molecule has 2 rings (SSSR count). The van der Waals surface area contributed by atoms with Crippen molar-refractivity contribution < 1.29 is 27.8 Å². The molecule has 128 valence electrons. The molecule has 0 aliphatic rings. The van der Waals surface area contributed by atoms with Crippen molar-refractivity contribution in [2.75, 3.05) is 6.54 Å². The van der Waals surface area contributed by atoms with Gasteiger partial charge in [0.1, 0.15) is 11.6 Å². The van der Waals surface area contributed by atoms with Crippen molar-refractivity contribution >= 4 is 5.91 Å². The van der Waals surface area contributed by atoms with Gasteiger partial charge < -0.3 is 15.2 Å². The number of aliphatic hydroxyl groups excluding tert-OH is 1. The SMILES string of the molecule is O=C(Cc1ccccc1F)NCC(O)c1cccc(OC(F)F)c1. The van der Waals surface area contributed by atoms with Crippen LogP contribution < -0.4 is 10.1 Å². The summed E-state index contributed by atoms with van der Waals surface area (Å²) in [5.74, 6) is -1.02. The lowest BCUT2D eigenvalue weighted by Gasteiger charge is -2.14. The number of halogens is 3. The summed E-state index contributed by atoms with van der Waals surface area (Å²) in [6, 6.07) is 11.5. The van der Waals surface area contributed by atoms with E-state index in [4.69, 9.17) is 0 Å². The number of carbonyl (C=O) groups excluding carboxylic acids is 1. The van der Waals surface area contributed by atoms with Gasteiger partial charge in [-0.25, -0.2) is 4.39 Å². The Morgan fingerprint density at radius 3 is 2.62 bits per heavy atom. The van der Waals surface area contributed by atoms with Crippen LogP contribution >= 0.6 is 0 Å². The first kappa shape index (κ1) is 17.8. The maximum Gasteiger partial charge on any atom is 0.387 e. The van der Waals surface area contributed by atoms with Crippen molar-refractivity contribution in [1.82, 2.24) is 5.32 Å². The molecule has 24 heavy (non-hydrogen) atoms. The second kappa shape index (κ2) is 8.35. The van der Waals surface area contributed by atoms with E-state index in [1.807, 2.05) is 0 Å². The lowest BCUT2D eigenvalue weighted by Crippen LogP contribution is -2.29. The molecule has 1 unspecified atom stereocenters. The van der Waals surface area contributed by atoms with Crippen molar-refractivity contribution in [1.29, 1.82) is 0 Å². The van der Waals surface area contributed by atoms with E-state index in [0.29, 0.717) is 5.56 Å². The summed E-state index contributed by atoms with van der Waals surface area (Å²) >= 11 is 0. The third kappa shape index (κ3) is 5.27. The highest BCUT2D eigenvalue weighted by molar-refractivity contribution is 5.78. The number of aliphatic hydroxyl groups is 1. The lowest BCUT2D eigenvalue weighted by molar-refractivity contribution is -0.120. The summed E-state index contributed by atoms with van der Waals surface area (Å²) in [5, 5.41) is 12.5. The molecule has 0 saturated heterocycles. The Bertz CT molecular complexity index is 694. The van der Waals surface area contributed by atoms with Crippen molar-refractivity contribution in [2.24, 2.45) is 0 Å². The summed E-state index contributed by atoms with van der Waals surface area (Å²) in [7, 11) is 0. The molecule has 0 aromatic heterocycles. The zero-order valence-electron chi connectivity index (χ0n) is 12.6. The molecule has 0 bridgehead atoms. The average molecular weight is 339 g/mol. The first-order valence-corrected chi connectivity index (χ1v) is 7.18. The van der Waals surface area contributed by atoms with Gasteiger partial charge in [-0.15, -0.1) is 0 Å². The van der Waals surface area contributed by atoms with Crippen molar-refractivity contribution in [3.63, 3.8) is 0 Å². The molecule has 0 saturated carbocycles. The lowest BCUT2D eigenvalue weighted by atomic mass is 10.1. The molecule has 0 spiro atoms. The number of carbonyl (C=O) groups is 1. The first-order chi connectivity index (χ1) is 11.5. The minimum Gasteiger partial charge on any atom is -0.435 e. The van der Waals surface area contributed by atoms with Crippen LogP contribution in [0.1, 0.15) is 17.2 Å². The van der Waals surface area contributed by atoms with Crippen LogP contribution in [0.15, 0.2) is 48.5 Å². The number of amides is 1. The van der Waals surface area contributed by atoms with Crippen LogP contribution in [0.25, 0.3) is 0 Å². The molecule has 2 N–H and O–H groups in total. The van der Waals surface area contributed by atoms with E-state index in [2.05, 4.69) is 10.1 Å². The minimum atomic E-state index is -2.96. The number of hydrogen-bond acceptors (Lipinski definition) is 3. The second-order valence-corrected chi connectivity index (χ2v) is 5.04. The molecule has 2 aromatic rings. The predicted octanol–water partition coefficient (Wildman–Crippen LogP) is 2.82. The fourth-order valence-corrected chi connectivity index (χ4v) is 2.10. The highest BCUT2D eigenvalue weighted by atomic mass is 19.3. The summed E-state index contributed by atoms with van der Waals surface area (Å²) in [6.45, 7) is -3.09. The van der Waals surface area contributed by atoms with Gasteiger partial charge in [-0.1, -0.05) is 30.3 Å². The van der Waals surface area contributed by atoms with Crippen LogP contribution in [0.3, 0.4) is 0 Å². The monoisotopic (exact) mass is 339 g/mol. The summed E-state index contributed by atoms with van der Waals surface area (Å²) in [4.78, 5) is 11.8. The normalized spacial score (nSPS) is 12.0. The minimum absolute atomic E-state index is 0.0840. The Morgan fingerprint density at radius 1 is 1.17 bits per heavy atom. The molecule has 0 fully saturated rings. The van der Waals surface area contributed by atoms with Gasteiger partial charge in [0.15, 0.2) is 0 Å². The largest absolute Gasteiger partial charge is 0.435 e. The number of alkyl halides is 2. The number of rotatable bonds is 7. The van der Waals surface area contributed by atoms with Gasteiger partial charge in [-0.3, -0.25) is 4.79 Å². The average Bonchev–Trinajstić information content (AvgIpc) is 2.54. The third-order valence-electron chi connectivity index (χ3n) is 3.27. The number of nitrogens with one attached hydrogen (secondary N) is 1. The van der Waals surface area contributed by atoms with Crippen LogP contribution in [-0.4, -0.2) is 24.2 Å². The van der Waals surface area contributed by atoms with Crippen molar-refractivity contribution in [3.8, 4) is 5.75 Å². The molecule has 0 aliphatic heterocycles. The first-order valence-electron chi connectivity index (χ1n) is 7.18. The molecule has 1 atom stereocenters. The Kier molecular flexibility index (Phi) is 6.20. The molecule has 4 nitrogen and oxygen atoms in total. The number of benzene rings is 2. The quantitative estimate of drug-likeness (QED) is 0.816. The molecule has 0 heterocycles. The molecule has 7 heteroatoms. The van der Waals surface area contributed by atoms with Gasteiger partial charge in [0.2, 0.25) is 5.91 Å². The van der Waals surface area contributed by atoms with E-state index >= 15 is 0 Å². The highest BCUT2D eigenvalue weighted by Gasteiger charge is 2.13. The van der Waals surface area contributed by atoms with Crippen LogP contribution in [0.5, 0.6) is 5.75 Å². The van der Waals surface area contributed by atoms with Gasteiger partial charge in [0, 0.05) is 6.54 Å². The van der Waals surface area contributed by atoms with Gasteiger partial charge >= 0.3 is 6.61 Å². The van der Waals surface area contributed by atoms with Crippen LogP contribution in [-0.2, 0) is 11.2 Å². The summed E-state index contributed by atoms with van der Waals surface area (Å²) in [5.41, 5.74) is 0.566. The topological polar surface area (TPSA) is 58.6 Å². The fraction of sp³-hybridized carbons (Fsp3) is 0.235.